The number of piperidine rings is 1. The number of likely N-dealkylation sites (tertiary alicyclic amines) is 1. The van der Waals surface area contributed by atoms with Gasteiger partial charge < -0.3 is 10.0 Å². The first kappa shape index (κ1) is 16.6. The standard InChI is InChI=1S/C18H18FNO3S/c1-11-14(12-5-7-13(19)8-6-12)10-16(24-11)17(21)20-9-3-2-4-15(20)18(22)23/h5-8,10,15H,2-4,9H2,1H3,(H,22,23). The Bertz CT molecular complexity index is 769. The Hall–Kier alpha value is -2.21. The van der Waals surface area contributed by atoms with Crippen molar-refractivity contribution in [3.05, 3.63) is 45.9 Å². The van der Waals surface area contributed by atoms with Gasteiger partial charge in [0.05, 0.1) is 4.88 Å². The summed E-state index contributed by atoms with van der Waals surface area (Å²) in [5, 5.41) is 9.34. The van der Waals surface area contributed by atoms with E-state index >= 15 is 0 Å². The predicted octanol–water partition coefficient (Wildman–Crippen LogP) is 3.94. The molecule has 2 heterocycles. The van der Waals surface area contributed by atoms with Crippen LogP contribution >= 0.6 is 11.3 Å². The lowest BCUT2D eigenvalue weighted by molar-refractivity contribution is -0.143. The maximum atomic E-state index is 13.1. The molecule has 126 valence electrons. The molecule has 1 amide bonds. The van der Waals surface area contributed by atoms with Gasteiger partial charge in [-0.3, -0.25) is 4.79 Å². The Morgan fingerprint density at radius 3 is 2.62 bits per heavy atom. The number of carboxylic acid groups (broad SMARTS) is 1. The number of benzene rings is 1. The molecule has 24 heavy (non-hydrogen) atoms. The molecule has 0 bridgehead atoms. The lowest BCUT2D eigenvalue weighted by Crippen LogP contribution is -2.47. The minimum Gasteiger partial charge on any atom is -0.480 e. The SMILES string of the molecule is Cc1sc(C(=O)N2CCCCC2C(=O)O)cc1-c1ccc(F)cc1. The van der Waals surface area contributed by atoms with E-state index in [4.69, 9.17) is 0 Å². The van der Waals surface area contributed by atoms with Crippen LogP contribution in [0.5, 0.6) is 0 Å². The number of aryl methyl sites for hydroxylation is 1. The number of hydrogen-bond acceptors (Lipinski definition) is 3. The number of amides is 1. The predicted molar refractivity (Wildman–Crippen MR) is 90.8 cm³/mol. The van der Waals surface area contributed by atoms with Gasteiger partial charge in [0.2, 0.25) is 0 Å². The molecule has 1 fully saturated rings. The number of hydrogen-bond donors (Lipinski definition) is 1. The third-order valence-corrected chi connectivity index (χ3v) is 5.37. The summed E-state index contributed by atoms with van der Waals surface area (Å²) in [5.74, 6) is -1.49. The fraction of sp³-hybridized carbons (Fsp3) is 0.333. The molecule has 3 rings (SSSR count). The number of carbonyl (C=O) groups is 2. The largest absolute Gasteiger partial charge is 0.480 e. The zero-order valence-electron chi connectivity index (χ0n) is 13.3. The maximum Gasteiger partial charge on any atom is 0.326 e. The summed E-state index contributed by atoms with van der Waals surface area (Å²) in [4.78, 5) is 27.1. The van der Waals surface area contributed by atoms with Crippen molar-refractivity contribution in [1.29, 1.82) is 0 Å². The normalized spacial score (nSPS) is 17.8. The van der Waals surface area contributed by atoms with E-state index in [1.807, 2.05) is 6.92 Å². The molecule has 0 saturated carbocycles. The highest BCUT2D eigenvalue weighted by molar-refractivity contribution is 7.14. The van der Waals surface area contributed by atoms with Gasteiger partial charge in [0.15, 0.2) is 0 Å². The molecule has 1 atom stereocenters. The second kappa shape index (κ2) is 6.73. The van der Waals surface area contributed by atoms with Crippen LogP contribution in [0.25, 0.3) is 11.1 Å². The average Bonchev–Trinajstić information content (AvgIpc) is 2.96. The van der Waals surface area contributed by atoms with Gasteiger partial charge in [-0.1, -0.05) is 12.1 Å². The first-order valence-electron chi connectivity index (χ1n) is 7.87. The average molecular weight is 347 g/mol. The molecule has 1 saturated heterocycles. The van der Waals surface area contributed by atoms with Crippen molar-refractivity contribution in [3.63, 3.8) is 0 Å². The Morgan fingerprint density at radius 2 is 1.96 bits per heavy atom. The van der Waals surface area contributed by atoms with E-state index in [0.717, 1.165) is 28.8 Å². The summed E-state index contributed by atoms with van der Waals surface area (Å²) in [6.45, 7) is 2.38. The summed E-state index contributed by atoms with van der Waals surface area (Å²) in [7, 11) is 0. The molecule has 0 spiro atoms. The van der Waals surface area contributed by atoms with Crippen LogP contribution in [-0.2, 0) is 4.79 Å². The minimum atomic E-state index is -0.949. The lowest BCUT2D eigenvalue weighted by atomic mass is 10.0. The second-order valence-corrected chi connectivity index (χ2v) is 7.19. The van der Waals surface area contributed by atoms with E-state index in [1.165, 1.54) is 28.4 Å². The third-order valence-electron chi connectivity index (χ3n) is 4.33. The van der Waals surface area contributed by atoms with Crippen LogP contribution in [0.4, 0.5) is 4.39 Å². The van der Waals surface area contributed by atoms with Crippen molar-refractivity contribution in [2.24, 2.45) is 0 Å². The number of rotatable bonds is 3. The number of thiophene rings is 1. The van der Waals surface area contributed by atoms with E-state index < -0.39 is 12.0 Å². The highest BCUT2D eigenvalue weighted by Gasteiger charge is 2.33. The maximum absolute atomic E-state index is 13.1. The van der Waals surface area contributed by atoms with Gasteiger partial charge in [-0.2, -0.15) is 0 Å². The lowest BCUT2D eigenvalue weighted by Gasteiger charge is -2.32. The molecule has 1 N–H and O–H groups in total. The van der Waals surface area contributed by atoms with E-state index in [2.05, 4.69) is 0 Å². The molecule has 1 unspecified atom stereocenters. The third kappa shape index (κ3) is 3.19. The molecular weight excluding hydrogens is 329 g/mol. The van der Waals surface area contributed by atoms with Gasteiger partial charge >= 0.3 is 5.97 Å². The highest BCUT2D eigenvalue weighted by atomic mass is 32.1. The summed E-state index contributed by atoms with van der Waals surface area (Å²) in [6.07, 6.45) is 2.14. The van der Waals surface area contributed by atoms with E-state index in [1.54, 1.807) is 18.2 Å². The monoisotopic (exact) mass is 347 g/mol. The smallest absolute Gasteiger partial charge is 0.326 e. The second-order valence-electron chi connectivity index (χ2n) is 5.94. The number of carboxylic acids is 1. The summed E-state index contributed by atoms with van der Waals surface area (Å²) < 4.78 is 13.1. The van der Waals surface area contributed by atoms with Crippen molar-refractivity contribution in [1.82, 2.24) is 4.90 Å². The number of carbonyl (C=O) groups excluding carboxylic acids is 1. The Labute approximate surface area is 143 Å². The number of halogens is 1. The molecule has 2 aromatic rings. The van der Waals surface area contributed by atoms with Gasteiger partial charge in [0.1, 0.15) is 11.9 Å². The van der Waals surface area contributed by atoms with E-state index in [0.29, 0.717) is 17.8 Å². The van der Waals surface area contributed by atoms with Crippen LogP contribution in [0.15, 0.2) is 30.3 Å². The number of nitrogens with zero attached hydrogens (tertiary/aromatic N) is 1. The van der Waals surface area contributed by atoms with Crippen LogP contribution in [0.2, 0.25) is 0 Å². The Kier molecular flexibility index (Phi) is 4.66. The first-order valence-corrected chi connectivity index (χ1v) is 8.69. The highest BCUT2D eigenvalue weighted by Crippen LogP contribution is 2.33. The van der Waals surface area contributed by atoms with Crippen molar-refractivity contribution >= 4 is 23.2 Å². The molecular formula is C18H18FNO3S. The molecule has 1 aliphatic heterocycles. The van der Waals surface area contributed by atoms with Gasteiger partial charge in [0.25, 0.3) is 5.91 Å². The van der Waals surface area contributed by atoms with E-state index in [9.17, 15) is 19.1 Å². The van der Waals surface area contributed by atoms with Gasteiger partial charge in [-0.25, -0.2) is 9.18 Å². The van der Waals surface area contributed by atoms with Crippen molar-refractivity contribution < 1.29 is 19.1 Å². The first-order chi connectivity index (χ1) is 11.5. The summed E-state index contributed by atoms with van der Waals surface area (Å²) in [5.41, 5.74) is 1.73. The summed E-state index contributed by atoms with van der Waals surface area (Å²) in [6, 6.07) is 7.17. The van der Waals surface area contributed by atoms with Gasteiger partial charge in [-0.15, -0.1) is 11.3 Å². The fourth-order valence-corrected chi connectivity index (χ4v) is 4.07. The van der Waals surface area contributed by atoms with E-state index in [-0.39, 0.29) is 11.7 Å². The summed E-state index contributed by atoms with van der Waals surface area (Å²) >= 11 is 1.35. The molecule has 6 heteroatoms. The van der Waals surface area contributed by atoms with Gasteiger partial charge in [-0.05, 0) is 55.5 Å². The quantitative estimate of drug-likeness (QED) is 0.915. The van der Waals surface area contributed by atoms with Crippen LogP contribution in [-0.4, -0.2) is 34.5 Å². The van der Waals surface area contributed by atoms with Crippen molar-refractivity contribution in [2.75, 3.05) is 6.54 Å². The molecule has 1 aliphatic rings. The molecule has 1 aromatic heterocycles. The fourth-order valence-electron chi connectivity index (χ4n) is 3.08. The topological polar surface area (TPSA) is 57.6 Å². The molecule has 4 nitrogen and oxygen atoms in total. The van der Waals surface area contributed by atoms with Crippen molar-refractivity contribution in [2.45, 2.75) is 32.2 Å². The van der Waals surface area contributed by atoms with Crippen LogP contribution in [0, 0.1) is 12.7 Å². The minimum absolute atomic E-state index is 0.233. The van der Waals surface area contributed by atoms with Crippen LogP contribution < -0.4 is 0 Å². The number of aliphatic carboxylic acids is 1. The molecule has 0 aliphatic carbocycles. The van der Waals surface area contributed by atoms with Crippen molar-refractivity contribution in [3.8, 4) is 11.1 Å². The van der Waals surface area contributed by atoms with Gasteiger partial charge in [0, 0.05) is 11.4 Å². The zero-order chi connectivity index (χ0) is 17.3. The van der Waals surface area contributed by atoms with Crippen LogP contribution in [0.1, 0.15) is 33.8 Å². The zero-order valence-corrected chi connectivity index (χ0v) is 14.1. The van der Waals surface area contributed by atoms with Crippen LogP contribution in [0.3, 0.4) is 0 Å². The molecule has 1 aromatic carbocycles. The Morgan fingerprint density at radius 1 is 1.25 bits per heavy atom. The molecule has 0 radical (unpaired) electrons. The Balaban J connectivity index is 1.89.